The van der Waals surface area contributed by atoms with Crippen LogP contribution in [0.25, 0.3) is 0 Å². The molecule has 3 atom stereocenters. The number of rotatable bonds is 3. The van der Waals surface area contributed by atoms with Crippen LogP contribution in [0.1, 0.15) is 12.0 Å². The topological polar surface area (TPSA) is 129 Å². The van der Waals surface area contributed by atoms with E-state index in [1.54, 1.807) is 7.05 Å². The maximum Gasteiger partial charge on any atom is 0.490 e. The van der Waals surface area contributed by atoms with Crippen LogP contribution >= 0.6 is 0 Å². The molecule has 2 saturated heterocycles. The van der Waals surface area contributed by atoms with Gasteiger partial charge in [-0.15, -0.1) is 0 Å². The van der Waals surface area contributed by atoms with Gasteiger partial charge in [0, 0.05) is 32.7 Å². The SMILES string of the molecule is CNC(=O)[C@H]1C[C@@H]2CN(Cc3ccc4c(c3)OCO4)C[C@@H]2N1C.O=C(O)C(F)(F)F.O=C(O)C(F)(F)F. The van der Waals surface area contributed by atoms with Gasteiger partial charge in [-0.2, -0.15) is 26.3 Å². The molecule has 0 unspecified atom stereocenters. The zero-order valence-corrected chi connectivity index (χ0v) is 19.6. The predicted molar refractivity (Wildman–Crippen MR) is 113 cm³/mol. The van der Waals surface area contributed by atoms with Crippen LogP contribution in [0.5, 0.6) is 11.5 Å². The van der Waals surface area contributed by atoms with Crippen molar-refractivity contribution in [3.8, 4) is 11.5 Å². The quantitative estimate of drug-likeness (QED) is 0.488. The number of likely N-dealkylation sites (N-methyl/N-ethyl adjacent to an activating group) is 2. The predicted octanol–water partition coefficient (Wildman–Crippen LogP) is 1.93. The van der Waals surface area contributed by atoms with Gasteiger partial charge in [0.2, 0.25) is 12.7 Å². The lowest BCUT2D eigenvalue weighted by Gasteiger charge is -2.25. The third-order valence-corrected chi connectivity index (χ3v) is 5.90. The first-order valence-electron chi connectivity index (χ1n) is 10.7. The minimum absolute atomic E-state index is 0.0303. The number of halogens is 6. The molecule has 0 bridgehead atoms. The summed E-state index contributed by atoms with van der Waals surface area (Å²) in [6.07, 6.45) is -9.21. The Labute approximate surface area is 206 Å². The molecule has 3 aliphatic rings. The number of alkyl halides is 6. The lowest BCUT2D eigenvalue weighted by atomic mass is 10.0. The summed E-state index contributed by atoms with van der Waals surface area (Å²) in [6, 6.07) is 6.68. The van der Waals surface area contributed by atoms with Gasteiger partial charge in [0.05, 0.1) is 6.04 Å². The van der Waals surface area contributed by atoms with Crippen LogP contribution in [-0.2, 0) is 20.9 Å². The summed E-state index contributed by atoms with van der Waals surface area (Å²) < 4.78 is 74.3. The molecule has 2 fully saturated rings. The summed E-state index contributed by atoms with van der Waals surface area (Å²) in [7, 11) is 3.80. The fourth-order valence-corrected chi connectivity index (χ4v) is 4.20. The molecular formula is C21H25F6N3O7. The van der Waals surface area contributed by atoms with Crippen molar-refractivity contribution in [2.45, 2.75) is 37.4 Å². The molecule has 3 N–H and O–H groups in total. The summed E-state index contributed by atoms with van der Waals surface area (Å²) in [6.45, 7) is 3.31. The van der Waals surface area contributed by atoms with Gasteiger partial charge in [-0.25, -0.2) is 9.59 Å². The summed E-state index contributed by atoms with van der Waals surface area (Å²) in [5.41, 5.74) is 1.25. The van der Waals surface area contributed by atoms with E-state index in [4.69, 9.17) is 29.3 Å². The molecule has 0 saturated carbocycles. The van der Waals surface area contributed by atoms with Crippen molar-refractivity contribution in [3.63, 3.8) is 0 Å². The number of likely N-dealkylation sites (tertiary alicyclic amines) is 2. The Balaban J connectivity index is 0.000000286. The molecule has 10 nitrogen and oxygen atoms in total. The first kappa shape index (κ1) is 30.0. The summed E-state index contributed by atoms with van der Waals surface area (Å²) >= 11 is 0. The highest BCUT2D eigenvalue weighted by Crippen LogP contribution is 2.37. The maximum atomic E-state index is 11.9. The van der Waals surface area contributed by atoms with E-state index in [9.17, 15) is 31.1 Å². The second-order valence-corrected chi connectivity index (χ2v) is 8.35. The molecule has 1 aromatic carbocycles. The highest BCUT2D eigenvalue weighted by Gasteiger charge is 2.46. The summed E-state index contributed by atoms with van der Waals surface area (Å²) in [4.78, 5) is 34.5. The smallest absolute Gasteiger partial charge is 0.475 e. The number of nitrogens with one attached hydrogen (secondary N) is 1. The van der Waals surface area contributed by atoms with Gasteiger partial charge in [0.25, 0.3) is 0 Å². The normalized spacial score (nSPS) is 22.8. The molecule has 0 spiro atoms. The average Bonchev–Trinajstić information content (AvgIpc) is 3.49. The van der Waals surface area contributed by atoms with E-state index in [0.29, 0.717) is 18.8 Å². The molecule has 16 heteroatoms. The van der Waals surface area contributed by atoms with E-state index >= 15 is 0 Å². The average molecular weight is 545 g/mol. The number of hydrogen-bond acceptors (Lipinski definition) is 7. The lowest BCUT2D eigenvalue weighted by molar-refractivity contribution is -0.193. The van der Waals surface area contributed by atoms with Gasteiger partial charge in [0.1, 0.15) is 0 Å². The molecule has 1 aromatic rings. The van der Waals surface area contributed by atoms with Crippen molar-refractivity contribution in [2.24, 2.45) is 5.92 Å². The third-order valence-electron chi connectivity index (χ3n) is 5.90. The molecule has 1 amide bonds. The fraction of sp³-hybridized carbons (Fsp3) is 0.571. The van der Waals surface area contributed by atoms with Crippen LogP contribution in [0.4, 0.5) is 26.3 Å². The van der Waals surface area contributed by atoms with Crippen molar-refractivity contribution in [1.82, 2.24) is 15.1 Å². The molecule has 3 aliphatic heterocycles. The van der Waals surface area contributed by atoms with Crippen molar-refractivity contribution in [1.29, 1.82) is 0 Å². The minimum Gasteiger partial charge on any atom is -0.475 e. The molecule has 37 heavy (non-hydrogen) atoms. The van der Waals surface area contributed by atoms with E-state index in [0.717, 1.165) is 37.6 Å². The van der Waals surface area contributed by atoms with Crippen molar-refractivity contribution in [2.75, 3.05) is 34.0 Å². The van der Waals surface area contributed by atoms with Crippen LogP contribution in [0, 0.1) is 5.92 Å². The van der Waals surface area contributed by atoms with Gasteiger partial charge in [0.15, 0.2) is 11.5 Å². The van der Waals surface area contributed by atoms with Gasteiger partial charge in [-0.05, 0) is 37.1 Å². The lowest BCUT2D eigenvalue weighted by Crippen LogP contribution is -2.44. The second kappa shape index (κ2) is 11.9. The Bertz CT molecular complexity index is 964. The summed E-state index contributed by atoms with van der Waals surface area (Å²) in [5, 5.41) is 17.0. The Kier molecular flexibility index (Phi) is 9.60. The number of amides is 1. The van der Waals surface area contributed by atoms with Crippen LogP contribution in [0.2, 0.25) is 0 Å². The van der Waals surface area contributed by atoms with E-state index in [-0.39, 0.29) is 11.9 Å². The monoisotopic (exact) mass is 545 g/mol. The number of ether oxygens (including phenoxy) is 2. The Morgan fingerprint density at radius 2 is 1.54 bits per heavy atom. The maximum absolute atomic E-state index is 11.9. The van der Waals surface area contributed by atoms with E-state index in [1.807, 2.05) is 6.07 Å². The Hall–Kier alpha value is -3.27. The standard InChI is InChI=1S/C17H23N3O3.2C2HF3O2/c1-18-17(21)13-6-12-8-20(9-14(12)19(13)2)7-11-3-4-15-16(5-11)23-10-22-15;2*3-2(4,5)1(6)7/h3-5,12-14H,6-10H2,1-2H3,(H,18,21);2*(H,6,7)/t12-,13-,14+;;/m1../s1. The molecule has 0 aliphatic carbocycles. The third kappa shape index (κ3) is 8.11. The number of carboxylic acid groups (broad SMARTS) is 2. The van der Waals surface area contributed by atoms with E-state index in [2.05, 4.69) is 34.3 Å². The van der Waals surface area contributed by atoms with Gasteiger partial charge < -0.3 is 25.0 Å². The highest BCUT2D eigenvalue weighted by atomic mass is 19.4. The number of carboxylic acids is 2. The highest BCUT2D eigenvalue weighted by molar-refractivity contribution is 5.81. The largest absolute Gasteiger partial charge is 0.490 e. The van der Waals surface area contributed by atoms with E-state index < -0.39 is 24.3 Å². The number of benzene rings is 1. The van der Waals surface area contributed by atoms with Crippen molar-refractivity contribution in [3.05, 3.63) is 23.8 Å². The Morgan fingerprint density at radius 1 is 1.00 bits per heavy atom. The zero-order valence-electron chi connectivity index (χ0n) is 19.6. The number of aliphatic carboxylic acids is 2. The Morgan fingerprint density at radius 3 is 2.03 bits per heavy atom. The van der Waals surface area contributed by atoms with Gasteiger partial charge in [-0.3, -0.25) is 14.6 Å². The van der Waals surface area contributed by atoms with E-state index in [1.165, 1.54) is 5.56 Å². The fourth-order valence-electron chi connectivity index (χ4n) is 4.20. The molecule has 0 radical (unpaired) electrons. The summed E-state index contributed by atoms with van der Waals surface area (Å²) in [5.74, 6) is -3.11. The first-order valence-corrected chi connectivity index (χ1v) is 10.7. The number of hydrogen-bond donors (Lipinski definition) is 3. The van der Waals surface area contributed by atoms with Crippen LogP contribution < -0.4 is 14.8 Å². The van der Waals surface area contributed by atoms with Crippen LogP contribution in [0.3, 0.4) is 0 Å². The minimum atomic E-state index is -5.08. The second-order valence-electron chi connectivity index (χ2n) is 8.35. The number of fused-ring (bicyclic) bond motifs is 2. The van der Waals surface area contributed by atoms with Crippen molar-refractivity contribution >= 4 is 17.8 Å². The molecule has 3 heterocycles. The van der Waals surface area contributed by atoms with Crippen LogP contribution in [-0.4, -0.2) is 96.3 Å². The number of carbonyl (C=O) groups is 3. The molecular weight excluding hydrogens is 520 g/mol. The van der Waals surface area contributed by atoms with Gasteiger partial charge >= 0.3 is 24.3 Å². The van der Waals surface area contributed by atoms with Gasteiger partial charge in [-0.1, -0.05) is 6.07 Å². The molecule has 208 valence electrons. The molecule has 0 aromatic heterocycles. The number of carbonyl (C=O) groups excluding carboxylic acids is 1. The number of nitrogens with zero attached hydrogens (tertiary/aromatic N) is 2. The first-order chi connectivity index (χ1) is 17.0. The zero-order chi connectivity index (χ0) is 28.1. The molecule has 4 rings (SSSR count). The van der Waals surface area contributed by atoms with Crippen molar-refractivity contribution < 1.29 is 60.4 Å². The van der Waals surface area contributed by atoms with Crippen LogP contribution in [0.15, 0.2) is 18.2 Å².